The van der Waals surface area contributed by atoms with E-state index in [1.165, 1.54) is 12.1 Å². The molecule has 0 aromatic heterocycles. The minimum absolute atomic E-state index is 0.0707. The third-order valence-electron chi connectivity index (χ3n) is 4.17. The van der Waals surface area contributed by atoms with Crippen LogP contribution in [0.3, 0.4) is 0 Å². The quantitative estimate of drug-likeness (QED) is 0.764. The zero-order valence-corrected chi connectivity index (χ0v) is 12.9. The Kier molecular flexibility index (Phi) is 2.99. The second-order valence-corrected chi connectivity index (χ2v) is 5.67. The molecule has 0 spiro atoms. The number of hydrogen-bond acceptors (Lipinski definition) is 5. The summed E-state index contributed by atoms with van der Waals surface area (Å²) in [6.45, 7) is 0. The molecule has 0 bridgehead atoms. The van der Waals surface area contributed by atoms with Gasteiger partial charge >= 0.3 is 5.97 Å². The minimum atomic E-state index is -0.982. The minimum Gasteiger partial charge on any atom is -0.492 e. The smallest absolute Gasteiger partial charge is 0.335 e. The summed E-state index contributed by atoms with van der Waals surface area (Å²) in [6, 6.07) is 14.2. The Bertz CT molecular complexity index is 993. The number of carboxylic acid groups (broad SMARTS) is 1. The first-order valence-corrected chi connectivity index (χ1v) is 7.44. The maximum absolute atomic E-state index is 11.0. The largest absolute Gasteiger partial charge is 0.492 e. The number of hydrazine groups is 1. The third-order valence-corrected chi connectivity index (χ3v) is 4.17. The molecule has 2 aromatic rings. The van der Waals surface area contributed by atoms with Crippen LogP contribution in [0.4, 0.5) is 5.69 Å². The number of hydrogen-bond donors (Lipinski definition) is 3. The van der Waals surface area contributed by atoms with E-state index in [0.29, 0.717) is 11.4 Å². The molecule has 3 N–H and O–H groups in total. The average molecular weight is 321 g/mol. The highest BCUT2D eigenvalue weighted by molar-refractivity contribution is 5.88. The SMILES string of the molecule is CN1C=c2ccccc2=C2NN(c3ccc(C(=O)O)cc3)C(O)=C21. The maximum Gasteiger partial charge on any atom is 0.335 e. The Balaban J connectivity index is 1.83. The maximum atomic E-state index is 11.0. The predicted octanol–water partition coefficient (Wildman–Crippen LogP) is 0.928. The van der Waals surface area contributed by atoms with Crippen LogP contribution in [0.2, 0.25) is 0 Å². The number of carboxylic acids is 1. The van der Waals surface area contributed by atoms with E-state index in [1.807, 2.05) is 42.4 Å². The van der Waals surface area contributed by atoms with E-state index >= 15 is 0 Å². The van der Waals surface area contributed by atoms with Crippen LogP contribution < -0.4 is 20.9 Å². The monoisotopic (exact) mass is 321 g/mol. The van der Waals surface area contributed by atoms with E-state index in [-0.39, 0.29) is 11.4 Å². The number of rotatable bonds is 2. The van der Waals surface area contributed by atoms with Crippen molar-refractivity contribution in [1.29, 1.82) is 0 Å². The number of aliphatic hydroxyl groups is 1. The van der Waals surface area contributed by atoms with Crippen molar-refractivity contribution >= 4 is 23.6 Å². The number of aromatic carboxylic acids is 1. The molecular formula is C18H15N3O3. The van der Waals surface area contributed by atoms with E-state index in [4.69, 9.17) is 5.11 Å². The van der Waals surface area contributed by atoms with Gasteiger partial charge in [0.15, 0.2) is 0 Å². The van der Waals surface area contributed by atoms with Gasteiger partial charge in [0.1, 0.15) is 5.70 Å². The van der Waals surface area contributed by atoms with Crippen molar-refractivity contribution in [3.63, 3.8) is 0 Å². The lowest BCUT2D eigenvalue weighted by atomic mass is 10.1. The lowest BCUT2D eigenvalue weighted by Crippen LogP contribution is -2.40. The van der Waals surface area contributed by atoms with Gasteiger partial charge in [0.25, 0.3) is 0 Å². The third kappa shape index (κ3) is 2.00. The highest BCUT2D eigenvalue weighted by Crippen LogP contribution is 2.30. The number of likely N-dealkylation sites (N-methyl/N-ethyl adjacent to an activating group) is 1. The van der Waals surface area contributed by atoms with Crippen molar-refractivity contribution < 1.29 is 15.0 Å². The second kappa shape index (κ2) is 5.06. The molecule has 2 aliphatic heterocycles. The zero-order chi connectivity index (χ0) is 16.8. The van der Waals surface area contributed by atoms with E-state index in [2.05, 4.69) is 5.43 Å². The number of aliphatic hydroxyl groups excluding tert-OH is 1. The van der Waals surface area contributed by atoms with Crippen molar-refractivity contribution in [2.24, 2.45) is 0 Å². The van der Waals surface area contributed by atoms with E-state index in [9.17, 15) is 9.90 Å². The van der Waals surface area contributed by atoms with Crippen LogP contribution in [-0.4, -0.2) is 28.1 Å². The summed E-state index contributed by atoms with van der Waals surface area (Å²) < 4.78 is 0. The van der Waals surface area contributed by atoms with Gasteiger partial charge in [-0.1, -0.05) is 24.3 Å². The summed E-state index contributed by atoms with van der Waals surface area (Å²) >= 11 is 0. The second-order valence-electron chi connectivity index (χ2n) is 5.67. The van der Waals surface area contributed by atoms with Crippen LogP contribution in [0.5, 0.6) is 0 Å². The van der Waals surface area contributed by atoms with Gasteiger partial charge in [-0.2, -0.15) is 0 Å². The van der Waals surface area contributed by atoms with Crippen molar-refractivity contribution in [3.05, 3.63) is 76.1 Å². The van der Waals surface area contributed by atoms with Crippen LogP contribution in [0.25, 0.3) is 11.9 Å². The molecule has 0 radical (unpaired) electrons. The van der Waals surface area contributed by atoms with Gasteiger partial charge in [0.05, 0.1) is 16.9 Å². The molecule has 4 rings (SSSR count). The number of nitrogens with zero attached hydrogens (tertiary/aromatic N) is 2. The molecule has 24 heavy (non-hydrogen) atoms. The van der Waals surface area contributed by atoms with E-state index < -0.39 is 5.97 Å². The topological polar surface area (TPSA) is 76.0 Å². The van der Waals surface area contributed by atoms with Crippen LogP contribution in [0, 0.1) is 0 Å². The highest BCUT2D eigenvalue weighted by atomic mass is 16.4. The van der Waals surface area contributed by atoms with Gasteiger partial charge in [-0.3, -0.25) is 5.43 Å². The van der Waals surface area contributed by atoms with Crippen LogP contribution in [0.15, 0.2) is 60.1 Å². The normalized spacial score (nSPS) is 15.6. The van der Waals surface area contributed by atoms with Crippen LogP contribution >= 0.6 is 0 Å². The summed E-state index contributed by atoms with van der Waals surface area (Å²) in [4.78, 5) is 12.8. The Morgan fingerprint density at radius 3 is 2.50 bits per heavy atom. The highest BCUT2D eigenvalue weighted by Gasteiger charge is 2.31. The Morgan fingerprint density at radius 1 is 1.08 bits per heavy atom. The Labute approximate surface area is 137 Å². The van der Waals surface area contributed by atoms with E-state index in [0.717, 1.165) is 16.1 Å². The fourth-order valence-corrected chi connectivity index (χ4v) is 3.01. The van der Waals surface area contributed by atoms with Gasteiger partial charge in [0.2, 0.25) is 5.88 Å². The summed E-state index contributed by atoms with van der Waals surface area (Å²) in [5, 5.41) is 23.3. The molecule has 6 nitrogen and oxygen atoms in total. The molecule has 0 unspecified atom stereocenters. The summed E-state index contributed by atoms with van der Waals surface area (Å²) in [6.07, 6.45) is 1.96. The van der Waals surface area contributed by atoms with Crippen molar-refractivity contribution in [2.45, 2.75) is 0 Å². The molecule has 0 aliphatic carbocycles. The molecule has 2 heterocycles. The molecule has 120 valence electrons. The van der Waals surface area contributed by atoms with Crippen molar-refractivity contribution in [3.8, 4) is 0 Å². The molecule has 0 saturated heterocycles. The Hall–Kier alpha value is -3.41. The molecule has 0 fully saturated rings. The average Bonchev–Trinajstić information content (AvgIpc) is 2.93. The molecule has 0 amide bonds. The Morgan fingerprint density at radius 2 is 1.79 bits per heavy atom. The number of carbonyl (C=O) groups is 1. The van der Waals surface area contributed by atoms with Crippen LogP contribution in [-0.2, 0) is 0 Å². The van der Waals surface area contributed by atoms with Gasteiger partial charge in [-0.05, 0) is 24.3 Å². The number of fused-ring (bicyclic) bond motifs is 2. The lowest BCUT2D eigenvalue weighted by Gasteiger charge is -2.20. The van der Waals surface area contributed by atoms with Gasteiger partial charge in [0, 0.05) is 23.7 Å². The first-order valence-electron chi connectivity index (χ1n) is 7.44. The summed E-state index contributed by atoms with van der Waals surface area (Å²) in [5.74, 6) is -0.911. The fraction of sp³-hybridized carbons (Fsp3) is 0.0556. The first-order chi connectivity index (χ1) is 11.6. The summed E-state index contributed by atoms with van der Waals surface area (Å²) in [7, 11) is 1.88. The van der Waals surface area contributed by atoms with E-state index in [1.54, 1.807) is 17.1 Å². The molecular weight excluding hydrogens is 306 g/mol. The van der Waals surface area contributed by atoms with Crippen molar-refractivity contribution in [1.82, 2.24) is 10.3 Å². The standard InChI is InChI=1S/C18H15N3O3/c1-20-10-12-4-2-3-5-14(12)15-16(20)17(22)21(19-15)13-8-6-11(7-9-13)18(23)24/h2-10,19,22H,1H3,(H,23,24). The van der Waals surface area contributed by atoms with Gasteiger partial charge in [-0.15, -0.1) is 0 Å². The number of benzene rings is 2. The molecule has 6 heteroatoms. The lowest BCUT2D eigenvalue weighted by molar-refractivity contribution is 0.0697. The molecule has 2 aromatic carbocycles. The van der Waals surface area contributed by atoms with Crippen LogP contribution in [0.1, 0.15) is 10.4 Å². The predicted molar refractivity (Wildman–Crippen MR) is 90.0 cm³/mol. The molecule has 0 saturated carbocycles. The van der Waals surface area contributed by atoms with Gasteiger partial charge < -0.3 is 15.1 Å². The molecule has 2 aliphatic rings. The summed E-state index contributed by atoms with van der Waals surface area (Å²) in [5.41, 5.74) is 5.55. The van der Waals surface area contributed by atoms with Gasteiger partial charge in [-0.25, -0.2) is 9.80 Å². The number of anilines is 1. The zero-order valence-electron chi connectivity index (χ0n) is 12.9. The number of nitrogens with one attached hydrogen (secondary N) is 1. The fourth-order valence-electron chi connectivity index (χ4n) is 3.01. The van der Waals surface area contributed by atoms with Crippen molar-refractivity contribution in [2.75, 3.05) is 12.1 Å². The molecule has 0 atom stereocenters. The first kappa shape index (κ1) is 14.2.